The Morgan fingerprint density at radius 1 is 0.750 bits per heavy atom. The van der Waals surface area contributed by atoms with Gasteiger partial charge in [0, 0.05) is 11.5 Å². The monoisotopic (exact) mass is 382 g/mol. The molecule has 1 unspecified atom stereocenters. The zero-order valence-corrected chi connectivity index (χ0v) is 18.4. The topological polar surface area (TPSA) is 40.5 Å². The molecule has 2 N–H and O–H groups in total. The molecule has 0 aliphatic heterocycles. The van der Waals surface area contributed by atoms with Crippen molar-refractivity contribution in [3.63, 3.8) is 0 Å². The highest BCUT2D eigenvalue weighted by molar-refractivity contribution is 5.53. The van der Waals surface area contributed by atoms with E-state index in [1.807, 2.05) is 6.07 Å². The zero-order chi connectivity index (χ0) is 20.7. The van der Waals surface area contributed by atoms with Crippen LogP contribution in [0.15, 0.2) is 24.3 Å². The molecular formula is C26H38O2. The van der Waals surface area contributed by atoms with Crippen LogP contribution in [-0.4, -0.2) is 10.2 Å². The molecule has 154 valence electrons. The molecule has 2 aromatic rings. The average Bonchev–Trinajstić information content (AvgIpc) is 2.67. The van der Waals surface area contributed by atoms with Gasteiger partial charge in [0.2, 0.25) is 0 Å². The minimum atomic E-state index is 0.159. The van der Waals surface area contributed by atoms with Crippen molar-refractivity contribution in [3.8, 4) is 11.5 Å². The van der Waals surface area contributed by atoms with E-state index in [9.17, 15) is 10.2 Å². The van der Waals surface area contributed by atoms with Crippen LogP contribution in [0.2, 0.25) is 0 Å². The van der Waals surface area contributed by atoms with Gasteiger partial charge in [0.05, 0.1) is 0 Å². The van der Waals surface area contributed by atoms with E-state index in [1.165, 1.54) is 16.7 Å². The van der Waals surface area contributed by atoms with Crippen molar-refractivity contribution >= 4 is 0 Å². The quantitative estimate of drug-likeness (QED) is 0.451. The van der Waals surface area contributed by atoms with Crippen LogP contribution in [0.4, 0.5) is 0 Å². The first-order chi connectivity index (χ1) is 13.5. The van der Waals surface area contributed by atoms with Crippen LogP contribution in [0.3, 0.4) is 0 Å². The molecule has 1 atom stereocenters. The second-order valence-electron chi connectivity index (χ2n) is 8.12. The Balaban J connectivity index is 2.55. The number of aromatic hydroxyl groups is 2. The Bertz CT molecular complexity index is 713. The lowest BCUT2D eigenvalue weighted by Gasteiger charge is -2.24. The van der Waals surface area contributed by atoms with Crippen LogP contribution < -0.4 is 0 Å². The van der Waals surface area contributed by atoms with Crippen LogP contribution in [-0.2, 0) is 12.8 Å². The molecule has 0 aliphatic rings. The lowest BCUT2D eigenvalue weighted by molar-refractivity contribution is 0.453. The largest absolute Gasteiger partial charge is 0.508 e. The first-order valence-corrected chi connectivity index (χ1v) is 11.1. The van der Waals surface area contributed by atoms with Crippen molar-refractivity contribution in [3.05, 3.63) is 57.6 Å². The Hall–Kier alpha value is -1.96. The summed E-state index contributed by atoms with van der Waals surface area (Å²) in [6, 6.07) is 8.18. The maximum atomic E-state index is 11.2. The number of phenols is 2. The summed E-state index contributed by atoms with van der Waals surface area (Å²) >= 11 is 0. The van der Waals surface area contributed by atoms with Gasteiger partial charge in [0.15, 0.2) is 0 Å². The number of hydrogen-bond donors (Lipinski definition) is 2. The molecule has 0 saturated heterocycles. The predicted octanol–water partition coefficient (Wildman–Crippen LogP) is 7.33. The van der Waals surface area contributed by atoms with Gasteiger partial charge >= 0.3 is 0 Å². The molecule has 2 rings (SSSR count). The summed E-state index contributed by atoms with van der Waals surface area (Å²) in [5.41, 5.74) is 6.81. The van der Waals surface area contributed by atoms with Gasteiger partial charge in [-0.25, -0.2) is 0 Å². The Morgan fingerprint density at radius 3 is 1.96 bits per heavy atom. The summed E-state index contributed by atoms with van der Waals surface area (Å²) in [6.45, 7) is 10.8. The number of benzene rings is 2. The Morgan fingerprint density at radius 2 is 1.36 bits per heavy atom. The molecule has 0 amide bonds. The molecule has 2 aromatic carbocycles. The van der Waals surface area contributed by atoms with Gasteiger partial charge in [-0.1, -0.05) is 58.2 Å². The van der Waals surface area contributed by atoms with E-state index in [2.05, 4.69) is 52.8 Å². The van der Waals surface area contributed by atoms with Gasteiger partial charge in [0.25, 0.3) is 0 Å². The summed E-state index contributed by atoms with van der Waals surface area (Å²) in [5.74, 6) is 1.04. The van der Waals surface area contributed by atoms with E-state index in [1.54, 1.807) is 0 Å². The highest BCUT2D eigenvalue weighted by Crippen LogP contribution is 2.41. The SMILES string of the molecule is CCCCc1c(O)ccc(C(CCC)c2ccc(C)c(CCCC)c2O)c1C. The number of phenolic OH excluding ortho intramolecular Hbond substituents is 2. The van der Waals surface area contributed by atoms with Crippen molar-refractivity contribution < 1.29 is 10.2 Å². The lowest BCUT2D eigenvalue weighted by atomic mass is 9.81. The fourth-order valence-electron chi connectivity index (χ4n) is 4.28. The molecule has 0 saturated carbocycles. The molecule has 2 heteroatoms. The standard InChI is InChI=1S/C26H38O2/c1-6-9-12-20-18(4)14-15-24(26(20)28)23(11-8-3)21-16-17-25(27)22(19(21)5)13-10-7-2/h14-17,23,27-28H,6-13H2,1-5H3. The minimum absolute atomic E-state index is 0.159. The normalized spacial score (nSPS) is 12.3. The molecule has 0 spiro atoms. The highest BCUT2D eigenvalue weighted by atomic mass is 16.3. The molecule has 0 radical (unpaired) electrons. The molecule has 0 aromatic heterocycles. The van der Waals surface area contributed by atoms with Crippen molar-refractivity contribution in [1.82, 2.24) is 0 Å². The van der Waals surface area contributed by atoms with Crippen LogP contribution in [0.5, 0.6) is 11.5 Å². The van der Waals surface area contributed by atoms with E-state index in [-0.39, 0.29) is 5.92 Å². The van der Waals surface area contributed by atoms with Crippen molar-refractivity contribution in [2.24, 2.45) is 0 Å². The van der Waals surface area contributed by atoms with Crippen LogP contribution in [0.1, 0.15) is 98.6 Å². The van der Waals surface area contributed by atoms with Gasteiger partial charge in [-0.15, -0.1) is 0 Å². The fraction of sp³-hybridized carbons (Fsp3) is 0.538. The van der Waals surface area contributed by atoms with E-state index in [0.29, 0.717) is 11.5 Å². The van der Waals surface area contributed by atoms with Crippen molar-refractivity contribution in [2.75, 3.05) is 0 Å². The smallest absolute Gasteiger partial charge is 0.122 e. The number of rotatable bonds is 10. The van der Waals surface area contributed by atoms with Gasteiger partial charge in [-0.2, -0.15) is 0 Å². The van der Waals surface area contributed by atoms with Crippen LogP contribution in [0, 0.1) is 13.8 Å². The summed E-state index contributed by atoms with van der Waals surface area (Å²) in [5, 5.41) is 21.6. The molecular weight excluding hydrogens is 344 g/mol. The van der Waals surface area contributed by atoms with Gasteiger partial charge in [0.1, 0.15) is 11.5 Å². The maximum absolute atomic E-state index is 11.2. The Labute approximate surface area is 171 Å². The molecule has 0 bridgehead atoms. The first-order valence-electron chi connectivity index (χ1n) is 11.1. The minimum Gasteiger partial charge on any atom is -0.508 e. The Kier molecular flexibility index (Phi) is 8.41. The van der Waals surface area contributed by atoms with Crippen LogP contribution >= 0.6 is 0 Å². The third kappa shape index (κ3) is 4.90. The van der Waals surface area contributed by atoms with Gasteiger partial charge < -0.3 is 10.2 Å². The highest BCUT2D eigenvalue weighted by Gasteiger charge is 2.23. The van der Waals surface area contributed by atoms with Crippen molar-refractivity contribution in [1.29, 1.82) is 0 Å². The van der Waals surface area contributed by atoms with E-state index < -0.39 is 0 Å². The number of aryl methyl sites for hydroxylation is 1. The van der Waals surface area contributed by atoms with Crippen molar-refractivity contribution in [2.45, 2.75) is 91.9 Å². The van der Waals surface area contributed by atoms with Crippen LogP contribution in [0.25, 0.3) is 0 Å². The summed E-state index contributed by atoms with van der Waals surface area (Å²) < 4.78 is 0. The molecule has 0 heterocycles. The van der Waals surface area contributed by atoms with E-state index in [4.69, 9.17) is 0 Å². The third-order valence-corrected chi connectivity index (χ3v) is 6.05. The molecule has 28 heavy (non-hydrogen) atoms. The maximum Gasteiger partial charge on any atom is 0.122 e. The molecule has 0 aliphatic carbocycles. The number of hydrogen-bond acceptors (Lipinski definition) is 2. The first kappa shape index (κ1) is 22.3. The number of unbranched alkanes of at least 4 members (excludes halogenated alkanes) is 2. The lowest BCUT2D eigenvalue weighted by Crippen LogP contribution is -2.07. The predicted molar refractivity (Wildman–Crippen MR) is 120 cm³/mol. The van der Waals surface area contributed by atoms with E-state index in [0.717, 1.165) is 68.1 Å². The fourth-order valence-corrected chi connectivity index (χ4v) is 4.28. The molecule has 0 fully saturated rings. The summed E-state index contributed by atoms with van der Waals surface area (Å²) in [4.78, 5) is 0. The van der Waals surface area contributed by atoms with Gasteiger partial charge in [-0.05, 0) is 79.8 Å². The zero-order valence-electron chi connectivity index (χ0n) is 18.4. The van der Waals surface area contributed by atoms with Gasteiger partial charge in [-0.3, -0.25) is 0 Å². The second-order valence-corrected chi connectivity index (χ2v) is 8.12. The molecule has 2 nitrogen and oxygen atoms in total. The average molecular weight is 383 g/mol. The second kappa shape index (κ2) is 10.5. The third-order valence-electron chi connectivity index (χ3n) is 6.05. The summed E-state index contributed by atoms with van der Waals surface area (Å²) in [6.07, 6.45) is 8.28. The summed E-state index contributed by atoms with van der Waals surface area (Å²) in [7, 11) is 0. The van der Waals surface area contributed by atoms with E-state index >= 15 is 0 Å².